The molecule has 0 atom stereocenters. The van der Waals surface area contributed by atoms with E-state index in [0.717, 1.165) is 22.4 Å². The highest BCUT2D eigenvalue weighted by molar-refractivity contribution is 7.99. The largest absolute Gasteiger partial charge is 0.496 e. The van der Waals surface area contributed by atoms with Crippen LogP contribution in [0.1, 0.15) is 11.1 Å². The molecule has 0 saturated carbocycles. The fourth-order valence-electron chi connectivity index (χ4n) is 3.34. The molecule has 8 heteroatoms. The van der Waals surface area contributed by atoms with Gasteiger partial charge in [-0.1, -0.05) is 60.3 Å². The third-order valence-corrected chi connectivity index (χ3v) is 5.97. The Morgan fingerprint density at radius 3 is 2.48 bits per heavy atom. The van der Waals surface area contributed by atoms with Crippen LogP contribution in [0.5, 0.6) is 5.75 Å². The second-order valence-corrected chi connectivity index (χ2v) is 8.20. The fraction of sp³-hybridized carbons (Fsp3) is 0.160. The van der Waals surface area contributed by atoms with Crippen molar-refractivity contribution >= 4 is 17.7 Å². The Morgan fingerprint density at radius 1 is 1.00 bits per heavy atom. The van der Waals surface area contributed by atoms with Gasteiger partial charge in [-0.05, 0) is 35.9 Å². The molecule has 1 heterocycles. The summed E-state index contributed by atoms with van der Waals surface area (Å²) in [5, 5.41) is 12.2. The van der Waals surface area contributed by atoms with Crippen molar-refractivity contribution in [2.75, 3.05) is 12.9 Å². The molecule has 0 bridgehead atoms. The molecule has 1 N–H and O–H groups in total. The van der Waals surface area contributed by atoms with E-state index in [4.69, 9.17) is 4.74 Å². The molecule has 0 spiro atoms. The maximum Gasteiger partial charge on any atom is 0.230 e. The molecule has 3 aromatic carbocycles. The molecule has 0 unspecified atom stereocenters. The summed E-state index contributed by atoms with van der Waals surface area (Å²) >= 11 is 1.31. The van der Waals surface area contributed by atoms with E-state index >= 15 is 0 Å². The first-order valence-electron chi connectivity index (χ1n) is 10.4. The SMILES string of the molecule is COc1ccccc1CNC(=O)CSc1nnc(-c2ccc(F)cc2)n1Cc1ccccc1. The summed E-state index contributed by atoms with van der Waals surface area (Å²) in [5.41, 5.74) is 2.74. The topological polar surface area (TPSA) is 69.0 Å². The number of methoxy groups -OCH3 is 1. The smallest absolute Gasteiger partial charge is 0.230 e. The Bertz CT molecular complexity index is 1210. The van der Waals surface area contributed by atoms with Crippen LogP contribution in [0.3, 0.4) is 0 Å². The number of benzene rings is 3. The predicted molar refractivity (Wildman–Crippen MR) is 127 cm³/mol. The van der Waals surface area contributed by atoms with Crippen LogP contribution in [-0.2, 0) is 17.9 Å². The van der Waals surface area contributed by atoms with E-state index in [2.05, 4.69) is 15.5 Å². The second-order valence-electron chi connectivity index (χ2n) is 7.26. The van der Waals surface area contributed by atoms with Gasteiger partial charge in [-0.2, -0.15) is 0 Å². The van der Waals surface area contributed by atoms with Crippen LogP contribution in [0.2, 0.25) is 0 Å². The molecule has 6 nitrogen and oxygen atoms in total. The molecule has 0 aliphatic rings. The van der Waals surface area contributed by atoms with Gasteiger partial charge in [0.15, 0.2) is 11.0 Å². The van der Waals surface area contributed by atoms with Crippen LogP contribution in [0.4, 0.5) is 4.39 Å². The zero-order valence-electron chi connectivity index (χ0n) is 18.1. The Morgan fingerprint density at radius 2 is 1.73 bits per heavy atom. The van der Waals surface area contributed by atoms with Crippen LogP contribution in [0.25, 0.3) is 11.4 Å². The van der Waals surface area contributed by atoms with Gasteiger partial charge in [-0.25, -0.2) is 4.39 Å². The molecule has 0 saturated heterocycles. The minimum atomic E-state index is -0.311. The molecule has 0 radical (unpaired) electrons. The van der Waals surface area contributed by atoms with E-state index < -0.39 is 0 Å². The first-order valence-corrected chi connectivity index (χ1v) is 11.4. The van der Waals surface area contributed by atoms with Crippen LogP contribution in [0, 0.1) is 5.82 Å². The van der Waals surface area contributed by atoms with Gasteiger partial charge >= 0.3 is 0 Å². The molecule has 0 aliphatic carbocycles. The van der Waals surface area contributed by atoms with Crippen LogP contribution < -0.4 is 10.1 Å². The van der Waals surface area contributed by atoms with E-state index in [-0.39, 0.29) is 17.5 Å². The number of halogens is 1. The van der Waals surface area contributed by atoms with Crippen LogP contribution >= 0.6 is 11.8 Å². The van der Waals surface area contributed by atoms with Crippen molar-refractivity contribution in [3.63, 3.8) is 0 Å². The van der Waals surface area contributed by atoms with E-state index in [1.54, 1.807) is 19.2 Å². The number of nitrogens with zero attached hydrogens (tertiary/aromatic N) is 3. The number of carbonyl (C=O) groups is 1. The minimum absolute atomic E-state index is 0.122. The number of hydrogen-bond acceptors (Lipinski definition) is 5. The van der Waals surface area contributed by atoms with Crippen molar-refractivity contribution in [2.45, 2.75) is 18.2 Å². The number of rotatable bonds is 9. The van der Waals surface area contributed by atoms with Gasteiger partial charge in [-0.15, -0.1) is 10.2 Å². The van der Waals surface area contributed by atoms with Crippen molar-refractivity contribution in [3.05, 3.63) is 95.8 Å². The number of hydrogen-bond donors (Lipinski definition) is 1. The second kappa shape index (κ2) is 10.8. The predicted octanol–water partition coefficient (Wildman–Crippen LogP) is 4.55. The van der Waals surface area contributed by atoms with Crippen molar-refractivity contribution in [2.24, 2.45) is 0 Å². The summed E-state index contributed by atoms with van der Waals surface area (Å²) in [6.45, 7) is 0.909. The summed E-state index contributed by atoms with van der Waals surface area (Å²) in [5.74, 6) is 1.11. The average Bonchev–Trinajstić information content (AvgIpc) is 3.25. The molecular weight excluding hydrogens is 439 g/mol. The summed E-state index contributed by atoms with van der Waals surface area (Å²) < 4.78 is 20.7. The number of nitrogens with one attached hydrogen (secondary N) is 1. The number of ether oxygens (including phenoxy) is 1. The highest BCUT2D eigenvalue weighted by Gasteiger charge is 2.16. The third kappa shape index (κ3) is 5.78. The molecule has 4 aromatic rings. The molecule has 1 aromatic heterocycles. The highest BCUT2D eigenvalue weighted by atomic mass is 32.2. The lowest BCUT2D eigenvalue weighted by Crippen LogP contribution is -2.25. The lowest BCUT2D eigenvalue weighted by molar-refractivity contribution is -0.118. The molecular formula is C25H23FN4O2S. The van der Waals surface area contributed by atoms with Gasteiger partial charge in [0.1, 0.15) is 11.6 Å². The lowest BCUT2D eigenvalue weighted by Gasteiger charge is -2.11. The Kier molecular flexibility index (Phi) is 7.36. The summed E-state index contributed by atoms with van der Waals surface area (Å²) in [4.78, 5) is 12.5. The lowest BCUT2D eigenvalue weighted by atomic mass is 10.2. The van der Waals surface area contributed by atoms with E-state index in [1.165, 1.54) is 23.9 Å². The minimum Gasteiger partial charge on any atom is -0.496 e. The number of thioether (sulfide) groups is 1. The van der Waals surface area contributed by atoms with Gasteiger partial charge in [0.2, 0.25) is 5.91 Å². The van der Waals surface area contributed by atoms with Gasteiger partial charge in [0, 0.05) is 17.7 Å². The monoisotopic (exact) mass is 462 g/mol. The molecule has 4 rings (SSSR count). The average molecular weight is 463 g/mol. The molecule has 1 amide bonds. The standard InChI is InChI=1S/C25H23FN4O2S/c1-32-22-10-6-5-9-20(22)15-27-23(31)17-33-25-29-28-24(19-11-13-21(26)14-12-19)30(25)16-18-7-3-2-4-8-18/h2-14H,15-17H2,1H3,(H,27,31). The Balaban J connectivity index is 1.48. The first-order chi connectivity index (χ1) is 16.1. The van der Waals surface area contributed by atoms with Crippen molar-refractivity contribution in [3.8, 4) is 17.1 Å². The maximum absolute atomic E-state index is 13.4. The quantitative estimate of drug-likeness (QED) is 0.370. The van der Waals surface area contributed by atoms with Gasteiger partial charge in [0.05, 0.1) is 19.4 Å². The maximum atomic E-state index is 13.4. The number of para-hydroxylation sites is 1. The molecule has 168 valence electrons. The Hall–Kier alpha value is -3.65. The van der Waals surface area contributed by atoms with Gasteiger partial charge in [0.25, 0.3) is 0 Å². The molecule has 0 aliphatic heterocycles. The van der Waals surface area contributed by atoms with E-state index in [0.29, 0.717) is 24.1 Å². The molecule has 0 fully saturated rings. The Labute approximate surface area is 195 Å². The first kappa shape index (κ1) is 22.5. The van der Waals surface area contributed by atoms with Crippen LogP contribution in [0.15, 0.2) is 84.0 Å². The van der Waals surface area contributed by atoms with Crippen molar-refractivity contribution < 1.29 is 13.9 Å². The zero-order chi connectivity index (χ0) is 23.0. The van der Waals surface area contributed by atoms with Crippen molar-refractivity contribution in [1.29, 1.82) is 0 Å². The number of carbonyl (C=O) groups excluding carboxylic acids is 1. The number of aromatic nitrogens is 3. The van der Waals surface area contributed by atoms with E-state index in [1.807, 2.05) is 59.2 Å². The van der Waals surface area contributed by atoms with Crippen molar-refractivity contribution in [1.82, 2.24) is 20.1 Å². The third-order valence-electron chi connectivity index (χ3n) is 5.00. The van der Waals surface area contributed by atoms with E-state index in [9.17, 15) is 9.18 Å². The van der Waals surface area contributed by atoms with Gasteiger partial charge in [-0.3, -0.25) is 9.36 Å². The normalized spacial score (nSPS) is 10.7. The fourth-order valence-corrected chi connectivity index (χ4v) is 4.11. The summed E-state index contributed by atoms with van der Waals surface area (Å²) in [6, 6.07) is 23.6. The highest BCUT2D eigenvalue weighted by Crippen LogP contribution is 2.25. The summed E-state index contributed by atoms with van der Waals surface area (Å²) in [6.07, 6.45) is 0. The van der Waals surface area contributed by atoms with Crippen LogP contribution in [-0.4, -0.2) is 33.5 Å². The zero-order valence-corrected chi connectivity index (χ0v) is 18.9. The summed E-state index contributed by atoms with van der Waals surface area (Å²) in [7, 11) is 1.61. The number of amides is 1. The molecule has 33 heavy (non-hydrogen) atoms. The van der Waals surface area contributed by atoms with Gasteiger partial charge < -0.3 is 10.1 Å².